The zero-order valence-electron chi connectivity index (χ0n) is 18.3. The Morgan fingerprint density at radius 3 is 2.76 bits per heavy atom. The Bertz CT molecular complexity index is 1320. The lowest BCUT2D eigenvalue weighted by atomic mass is 10.0. The molecule has 1 unspecified atom stereocenters. The molecule has 0 N–H and O–H groups in total. The first-order valence-corrected chi connectivity index (χ1v) is 11.5. The molecule has 1 saturated heterocycles. The molecule has 4 aromatic heterocycles. The van der Waals surface area contributed by atoms with Crippen LogP contribution in [-0.2, 0) is 27.1 Å². The van der Waals surface area contributed by atoms with Crippen molar-refractivity contribution in [2.45, 2.75) is 38.4 Å². The minimum Gasteiger partial charge on any atom is -0.379 e. The topological polar surface area (TPSA) is 109 Å². The molecule has 4 aromatic rings. The molecule has 2 atom stereocenters. The second-order valence-electron chi connectivity index (χ2n) is 8.03. The van der Waals surface area contributed by atoms with E-state index in [1.54, 1.807) is 29.0 Å². The van der Waals surface area contributed by atoms with Gasteiger partial charge in [0.05, 0.1) is 41.9 Å². The van der Waals surface area contributed by atoms with E-state index < -0.39 is 0 Å². The maximum absolute atomic E-state index is 13.0. The molecule has 1 fully saturated rings. The summed E-state index contributed by atoms with van der Waals surface area (Å²) < 4.78 is 13.3. The number of rotatable bonds is 8. The number of ether oxygens (including phenoxy) is 2. The molecular weight excluding hydrogens is 481 g/mol. The van der Waals surface area contributed by atoms with Gasteiger partial charge in [0.1, 0.15) is 5.78 Å². The van der Waals surface area contributed by atoms with Crippen molar-refractivity contribution in [2.24, 2.45) is 0 Å². The van der Waals surface area contributed by atoms with E-state index in [9.17, 15) is 4.79 Å². The molecule has 0 aromatic carbocycles. The predicted octanol–water partition coefficient (Wildman–Crippen LogP) is 3.23. The van der Waals surface area contributed by atoms with Gasteiger partial charge in [-0.2, -0.15) is 15.3 Å². The second kappa shape index (κ2) is 9.75. The Morgan fingerprint density at radius 1 is 1.21 bits per heavy atom. The quantitative estimate of drug-likeness (QED) is 0.361. The first-order chi connectivity index (χ1) is 16.5. The van der Waals surface area contributed by atoms with Crippen molar-refractivity contribution in [1.29, 1.82) is 0 Å². The summed E-state index contributed by atoms with van der Waals surface area (Å²) in [6.45, 7) is 3.15. The number of hydrogen-bond acceptors (Lipinski definition) is 8. The molecule has 0 spiro atoms. The minimum atomic E-state index is -0.340. The minimum absolute atomic E-state index is 0.0104. The summed E-state index contributed by atoms with van der Waals surface area (Å²) in [5, 5.41) is 13.1. The van der Waals surface area contributed by atoms with Gasteiger partial charge in [0, 0.05) is 43.5 Å². The van der Waals surface area contributed by atoms with E-state index in [-0.39, 0.29) is 30.8 Å². The Morgan fingerprint density at radius 2 is 2.03 bits per heavy atom. The highest BCUT2D eigenvalue weighted by Gasteiger charge is 2.25. The number of carbonyl (C=O) groups excluding carboxylic acids is 1. The normalized spacial score (nSPS) is 16.9. The predicted molar refractivity (Wildman–Crippen MR) is 123 cm³/mol. The fraction of sp³-hybridized carbons (Fsp3) is 0.364. The highest BCUT2D eigenvalue weighted by atomic mass is 35.5. The zero-order chi connectivity index (χ0) is 23.7. The van der Waals surface area contributed by atoms with E-state index in [0.717, 1.165) is 17.7 Å². The van der Waals surface area contributed by atoms with Crippen LogP contribution in [0.5, 0.6) is 0 Å². The van der Waals surface area contributed by atoms with Gasteiger partial charge in [-0.25, -0.2) is 14.5 Å². The van der Waals surface area contributed by atoms with E-state index in [1.807, 2.05) is 6.92 Å². The molecule has 0 amide bonds. The Kier molecular flexibility index (Phi) is 6.55. The van der Waals surface area contributed by atoms with Gasteiger partial charge in [-0.15, -0.1) is 4.80 Å². The number of pyridine rings is 1. The molecule has 10 nitrogen and oxygen atoms in total. The zero-order valence-corrected chi connectivity index (χ0v) is 19.8. The summed E-state index contributed by atoms with van der Waals surface area (Å²) in [4.78, 5) is 23.1. The third kappa shape index (κ3) is 4.80. The summed E-state index contributed by atoms with van der Waals surface area (Å²) in [5.74, 6) is 0.372. The lowest BCUT2D eigenvalue weighted by Crippen LogP contribution is -2.20. The fourth-order valence-electron chi connectivity index (χ4n) is 4.04. The first-order valence-electron chi connectivity index (χ1n) is 10.8. The number of nitrogens with zero attached hydrogens (tertiary/aromatic N) is 7. The molecule has 176 valence electrons. The maximum Gasteiger partial charge on any atom is 0.193 e. The molecule has 0 saturated carbocycles. The van der Waals surface area contributed by atoms with E-state index in [0.29, 0.717) is 40.4 Å². The molecular formula is C22H21Cl2N7O3. The number of aromatic nitrogens is 7. The number of ketones is 1. The average Bonchev–Trinajstić information content (AvgIpc) is 3.55. The lowest BCUT2D eigenvalue weighted by Gasteiger charge is -2.21. The summed E-state index contributed by atoms with van der Waals surface area (Å²) in [6, 6.07) is 3.37. The van der Waals surface area contributed by atoms with Crippen molar-refractivity contribution in [1.82, 2.24) is 34.6 Å². The van der Waals surface area contributed by atoms with E-state index in [4.69, 9.17) is 32.7 Å². The van der Waals surface area contributed by atoms with Crippen LogP contribution in [0.15, 0.2) is 36.9 Å². The smallest absolute Gasteiger partial charge is 0.193 e. The standard InChI is InChI=1S/C22H21Cl2N7O3/c1-13(34-17-2-5-33-12-17)21-15(11-25-20-9-19(24)29-30(20)21)8-16(32)6-14-7-18(23)22(26-10-14)31-27-3-4-28-31/h3-4,7,9-11,13,17H,2,5-6,8,12H2,1H3/t13-,17?/m0/s1. The second-order valence-corrected chi connectivity index (χ2v) is 8.82. The number of carbonyl (C=O) groups is 1. The molecule has 5 heterocycles. The third-order valence-electron chi connectivity index (χ3n) is 5.52. The van der Waals surface area contributed by atoms with Gasteiger partial charge in [-0.05, 0) is 25.0 Å². The van der Waals surface area contributed by atoms with Gasteiger partial charge in [0.25, 0.3) is 0 Å². The fourth-order valence-corrected chi connectivity index (χ4v) is 4.48. The number of hydrogen-bond donors (Lipinski definition) is 0. The van der Waals surface area contributed by atoms with Crippen LogP contribution < -0.4 is 0 Å². The van der Waals surface area contributed by atoms with Gasteiger partial charge in [-0.3, -0.25) is 4.79 Å². The van der Waals surface area contributed by atoms with Gasteiger partial charge in [0.15, 0.2) is 16.6 Å². The van der Waals surface area contributed by atoms with Gasteiger partial charge in [0.2, 0.25) is 0 Å². The monoisotopic (exact) mass is 501 g/mol. The molecule has 1 aliphatic heterocycles. The van der Waals surface area contributed by atoms with Crippen molar-refractivity contribution in [3.05, 3.63) is 63.9 Å². The van der Waals surface area contributed by atoms with Gasteiger partial charge < -0.3 is 9.47 Å². The van der Waals surface area contributed by atoms with Crippen molar-refractivity contribution in [3.63, 3.8) is 0 Å². The van der Waals surface area contributed by atoms with Crippen LogP contribution in [-0.4, -0.2) is 59.7 Å². The van der Waals surface area contributed by atoms with Crippen molar-refractivity contribution in [3.8, 4) is 5.82 Å². The SMILES string of the molecule is C[C@H](OC1CCOC1)c1c(CC(=O)Cc2cnc(-n3nccn3)c(Cl)c2)cnc2cc(Cl)nn12. The van der Waals surface area contributed by atoms with E-state index in [1.165, 1.54) is 17.2 Å². The Labute approximate surface area is 204 Å². The number of halogens is 2. The van der Waals surface area contributed by atoms with Crippen LogP contribution in [0.25, 0.3) is 11.5 Å². The van der Waals surface area contributed by atoms with Crippen LogP contribution in [0.3, 0.4) is 0 Å². The van der Waals surface area contributed by atoms with Gasteiger partial charge >= 0.3 is 0 Å². The third-order valence-corrected chi connectivity index (χ3v) is 5.98. The van der Waals surface area contributed by atoms with E-state index in [2.05, 4.69) is 25.3 Å². The molecule has 34 heavy (non-hydrogen) atoms. The van der Waals surface area contributed by atoms with Crippen molar-refractivity contribution in [2.75, 3.05) is 13.2 Å². The van der Waals surface area contributed by atoms with Crippen LogP contribution >= 0.6 is 23.2 Å². The summed E-state index contributed by atoms with van der Waals surface area (Å²) in [5.41, 5.74) is 2.75. The van der Waals surface area contributed by atoms with E-state index >= 15 is 0 Å². The summed E-state index contributed by atoms with van der Waals surface area (Å²) in [6.07, 6.45) is 7.13. The van der Waals surface area contributed by atoms with Crippen LogP contribution in [0.1, 0.15) is 36.3 Å². The Hall–Kier alpha value is -2.92. The highest BCUT2D eigenvalue weighted by Crippen LogP contribution is 2.27. The number of fused-ring (bicyclic) bond motifs is 1. The van der Waals surface area contributed by atoms with Crippen LogP contribution in [0.2, 0.25) is 10.2 Å². The van der Waals surface area contributed by atoms with Crippen LogP contribution in [0.4, 0.5) is 0 Å². The molecule has 5 rings (SSSR count). The Balaban J connectivity index is 1.37. The molecule has 0 radical (unpaired) electrons. The largest absolute Gasteiger partial charge is 0.379 e. The molecule has 1 aliphatic rings. The van der Waals surface area contributed by atoms with Crippen molar-refractivity contribution >= 4 is 34.6 Å². The molecule has 0 aliphatic carbocycles. The van der Waals surface area contributed by atoms with Crippen molar-refractivity contribution < 1.29 is 14.3 Å². The van der Waals surface area contributed by atoms with Gasteiger partial charge in [-0.1, -0.05) is 23.2 Å². The first kappa shape index (κ1) is 22.9. The number of Topliss-reactive ketones (excluding diaryl/α,β-unsaturated/α-hetero) is 1. The highest BCUT2D eigenvalue weighted by molar-refractivity contribution is 6.32. The average molecular weight is 502 g/mol. The lowest BCUT2D eigenvalue weighted by molar-refractivity contribution is -0.117. The maximum atomic E-state index is 13.0. The molecule has 12 heteroatoms. The molecule has 0 bridgehead atoms. The summed E-state index contributed by atoms with van der Waals surface area (Å²) in [7, 11) is 0. The summed E-state index contributed by atoms with van der Waals surface area (Å²) >= 11 is 12.5. The van der Waals surface area contributed by atoms with Crippen LogP contribution in [0, 0.1) is 0 Å².